The van der Waals surface area contributed by atoms with E-state index in [-0.39, 0.29) is 23.0 Å². The van der Waals surface area contributed by atoms with E-state index in [4.69, 9.17) is 11.6 Å². The summed E-state index contributed by atoms with van der Waals surface area (Å²) in [6.45, 7) is -0.197. The van der Waals surface area contributed by atoms with Crippen molar-refractivity contribution in [1.82, 2.24) is 9.62 Å². The fourth-order valence-corrected chi connectivity index (χ4v) is 4.46. The lowest BCUT2D eigenvalue weighted by Gasteiger charge is -2.17. The lowest BCUT2D eigenvalue weighted by molar-refractivity contribution is -0.126. The Labute approximate surface area is 124 Å². The van der Waals surface area contributed by atoms with E-state index in [1.807, 2.05) is 0 Å². The molecule has 0 aromatic heterocycles. The maximum atomic E-state index is 13.3. The molecule has 0 saturated carbocycles. The van der Waals surface area contributed by atoms with E-state index in [0.717, 1.165) is 22.5 Å². The fraction of sp³-hybridized carbons (Fsp3) is 0.333. The lowest BCUT2D eigenvalue weighted by atomic mass is 10.00. The molecule has 2 fully saturated rings. The van der Waals surface area contributed by atoms with Gasteiger partial charge in [0.25, 0.3) is 0 Å². The van der Waals surface area contributed by atoms with Crippen LogP contribution in [0.1, 0.15) is 0 Å². The minimum Gasteiger partial charge on any atom is -0.296 e. The number of nitrogens with zero attached hydrogens (tertiary/aromatic N) is 1. The third-order valence-electron chi connectivity index (χ3n) is 3.68. The van der Waals surface area contributed by atoms with Crippen molar-refractivity contribution in [3.05, 3.63) is 29.0 Å². The number of hydrogen-bond donors (Lipinski definition) is 1. The third-order valence-corrected chi connectivity index (χ3v) is 5.71. The Morgan fingerprint density at radius 2 is 1.71 bits per heavy atom. The van der Waals surface area contributed by atoms with Gasteiger partial charge in [-0.15, -0.1) is 0 Å². The summed E-state index contributed by atoms with van der Waals surface area (Å²) in [6, 6.07) is 2.99. The number of carbonyl (C=O) groups is 2. The van der Waals surface area contributed by atoms with E-state index in [9.17, 15) is 22.4 Å². The van der Waals surface area contributed by atoms with Crippen LogP contribution in [0.2, 0.25) is 5.02 Å². The van der Waals surface area contributed by atoms with Crippen LogP contribution in [0.5, 0.6) is 0 Å². The van der Waals surface area contributed by atoms with Gasteiger partial charge in [-0.3, -0.25) is 14.9 Å². The molecule has 2 heterocycles. The summed E-state index contributed by atoms with van der Waals surface area (Å²) >= 11 is 5.66. The van der Waals surface area contributed by atoms with Gasteiger partial charge in [-0.1, -0.05) is 11.6 Å². The molecule has 2 saturated heterocycles. The highest BCUT2D eigenvalue weighted by molar-refractivity contribution is 7.89. The predicted molar refractivity (Wildman–Crippen MR) is 70.3 cm³/mol. The first-order chi connectivity index (χ1) is 9.79. The summed E-state index contributed by atoms with van der Waals surface area (Å²) in [5.74, 6) is -3.08. The zero-order valence-electron chi connectivity index (χ0n) is 10.5. The van der Waals surface area contributed by atoms with Gasteiger partial charge in [0.2, 0.25) is 21.8 Å². The molecule has 0 unspecified atom stereocenters. The number of fused-ring (bicyclic) bond motifs is 1. The third kappa shape index (κ3) is 2.33. The molecule has 1 aromatic carbocycles. The fourth-order valence-electron chi connectivity index (χ4n) is 2.63. The van der Waals surface area contributed by atoms with E-state index in [0.29, 0.717) is 0 Å². The molecule has 2 aliphatic rings. The second-order valence-electron chi connectivity index (χ2n) is 4.99. The Morgan fingerprint density at radius 3 is 2.24 bits per heavy atom. The molecule has 0 spiro atoms. The standard InChI is InChI=1S/C12H10ClFN2O4S/c13-6-1-7(14)3-8(2-6)21(19,20)16-4-9-10(5-16)12(18)15-11(9)17/h1-3,9-10H,4-5H2,(H,15,17,18)/t9-,10+. The molecular weight excluding hydrogens is 323 g/mol. The highest BCUT2D eigenvalue weighted by atomic mass is 35.5. The van der Waals surface area contributed by atoms with E-state index >= 15 is 0 Å². The van der Waals surface area contributed by atoms with Gasteiger partial charge >= 0.3 is 0 Å². The summed E-state index contributed by atoms with van der Waals surface area (Å²) in [6.07, 6.45) is 0. The van der Waals surface area contributed by atoms with E-state index in [1.54, 1.807) is 0 Å². The topological polar surface area (TPSA) is 83.6 Å². The monoisotopic (exact) mass is 332 g/mol. The van der Waals surface area contributed by atoms with Crippen LogP contribution in [0.3, 0.4) is 0 Å². The zero-order valence-corrected chi connectivity index (χ0v) is 12.1. The molecule has 1 N–H and O–H groups in total. The van der Waals surface area contributed by atoms with Gasteiger partial charge in [-0.05, 0) is 18.2 Å². The van der Waals surface area contributed by atoms with Crippen LogP contribution in [0.25, 0.3) is 0 Å². The number of carbonyl (C=O) groups excluding carboxylic acids is 2. The number of halogens is 2. The molecule has 0 radical (unpaired) electrons. The Balaban J connectivity index is 1.94. The highest BCUT2D eigenvalue weighted by Crippen LogP contribution is 2.32. The summed E-state index contributed by atoms with van der Waals surface area (Å²) in [4.78, 5) is 22.8. The van der Waals surface area contributed by atoms with Crippen LogP contribution in [0.15, 0.2) is 23.1 Å². The first-order valence-electron chi connectivity index (χ1n) is 6.10. The van der Waals surface area contributed by atoms with Crippen LogP contribution < -0.4 is 5.32 Å². The number of sulfonamides is 1. The normalized spacial score (nSPS) is 26.0. The number of benzene rings is 1. The number of nitrogens with one attached hydrogen (secondary N) is 1. The van der Waals surface area contributed by atoms with Crippen molar-refractivity contribution in [2.75, 3.05) is 13.1 Å². The van der Waals surface area contributed by atoms with Crippen LogP contribution in [-0.2, 0) is 19.6 Å². The van der Waals surface area contributed by atoms with E-state index < -0.39 is 39.5 Å². The van der Waals surface area contributed by atoms with Crippen molar-refractivity contribution in [2.45, 2.75) is 4.90 Å². The molecular formula is C12H10ClFN2O4S. The number of hydrogen-bond acceptors (Lipinski definition) is 4. The molecule has 3 rings (SSSR count). The minimum absolute atomic E-state index is 0.0400. The molecule has 2 aliphatic heterocycles. The summed E-state index contributed by atoms with van der Waals surface area (Å²) in [5.41, 5.74) is 0. The average Bonchev–Trinajstić information content (AvgIpc) is 2.91. The molecule has 1 aromatic rings. The van der Waals surface area contributed by atoms with Gasteiger partial charge in [0, 0.05) is 18.1 Å². The largest absolute Gasteiger partial charge is 0.296 e. The molecule has 2 atom stereocenters. The van der Waals surface area contributed by atoms with Crippen LogP contribution in [0.4, 0.5) is 4.39 Å². The second-order valence-corrected chi connectivity index (χ2v) is 7.37. The van der Waals surface area contributed by atoms with Crippen LogP contribution >= 0.6 is 11.6 Å². The first kappa shape index (κ1) is 14.4. The van der Waals surface area contributed by atoms with Gasteiger partial charge in [0.05, 0.1) is 16.7 Å². The molecule has 6 nitrogen and oxygen atoms in total. The highest BCUT2D eigenvalue weighted by Gasteiger charge is 2.50. The Morgan fingerprint density at radius 1 is 1.14 bits per heavy atom. The Bertz CT molecular complexity index is 709. The average molecular weight is 333 g/mol. The molecule has 0 aliphatic carbocycles. The Kier molecular flexibility index (Phi) is 3.27. The molecule has 9 heteroatoms. The van der Waals surface area contributed by atoms with Crippen LogP contribution in [0, 0.1) is 17.7 Å². The second kappa shape index (κ2) is 4.75. The molecule has 21 heavy (non-hydrogen) atoms. The number of imide groups is 1. The molecule has 0 bridgehead atoms. The summed E-state index contributed by atoms with van der Waals surface area (Å²) in [7, 11) is -4.00. The van der Waals surface area contributed by atoms with Gasteiger partial charge in [0.15, 0.2) is 0 Å². The van der Waals surface area contributed by atoms with Gasteiger partial charge in [-0.25, -0.2) is 12.8 Å². The van der Waals surface area contributed by atoms with E-state index in [2.05, 4.69) is 5.32 Å². The van der Waals surface area contributed by atoms with Crippen molar-refractivity contribution in [3.63, 3.8) is 0 Å². The van der Waals surface area contributed by atoms with Crippen molar-refractivity contribution in [2.24, 2.45) is 11.8 Å². The zero-order chi connectivity index (χ0) is 15.4. The van der Waals surface area contributed by atoms with E-state index in [1.165, 1.54) is 0 Å². The van der Waals surface area contributed by atoms with Crippen molar-refractivity contribution < 1.29 is 22.4 Å². The Hall–Kier alpha value is -1.51. The van der Waals surface area contributed by atoms with Gasteiger partial charge < -0.3 is 0 Å². The summed E-state index contributed by atoms with van der Waals surface area (Å²) < 4.78 is 39.2. The first-order valence-corrected chi connectivity index (χ1v) is 7.92. The van der Waals surface area contributed by atoms with Crippen molar-refractivity contribution in [1.29, 1.82) is 0 Å². The minimum atomic E-state index is -4.00. The lowest BCUT2D eigenvalue weighted by Crippen LogP contribution is -2.35. The smallest absolute Gasteiger partial charge is 0.243 e. The van der Waals surface area contributed by atoms with Gasteiger partial charge in [-0.2, -0.15) is 4.31 Å². The molecule has 112 valence electrons. The predicted octanol–water partition coefficient (Wildman–Crippen LogP) is 0.372. The van der Waals surface area contributed by atoms with Crippen molar-refractivity contribution >= 4 is 33.4 Å². The van der Waals surface area contributed by atoms with Crippen molar-refractivity contribution in [3.8, 4) is 0 Å². The van der Waals surface area contributed by atoms with Crippen LogP contribution in [-0.4, -0.2) is 37.6 Å². The molecule has 2 amide bonds. The number of amides is 2. The number of rotatable bonds is 2. The summed E-state index contributed by atoms with van der Waals surface area (Å²) in [5, 5.41) is 2.13. The van der Waals surface area contributed by atoms with Gasteiger partial charge in [0.1, 0.15) is 5.82 Å². The maximum Gasteiger partial charge on any atom is 0.243 e. The SMILES string of the molecule is O=C1NC(=O)[C@@H]2CN(S(=O)(=O)c3cc(F)cc(Cl)c3)C[C@H]12. The maximum absolute atomic E-state index is 13.3. The quantitative estimate of drug-likeness (QED) is 0.793.